The molecule has 1 aliphatic rings. The second kappa shape index (κ2) is 10.9. The maximum absolute atomic E-state index is 5.19. The first kappa shape index (κ1) is 28.1. The number of rotatable bonds is 4. The number of aromatic nitrogens is 4. The number of benzene rings is 7. The van der Waals surface area contributed by atoms with Gasteiger partial charge in [0.05, 0.1) is 27.8 Å². The van der Waals surface area contributed by atoms with Crippen LogP contribution in [-0.2, 0) is 6.42 Å². The molecule has 0 unspecified atom stereocenters. The minimum atomic E-state index is 0.703. The van der Waals surface area contributed by atoms with Gasteiger partial charge in [-0.3, -0.25) is 4.57 Å². The average molecular weight is 651 g/mol. The molecule has 0 saturated heterocycles. The molecule has 4 heteroatoms. The molecule has 0 saturated carbocycles. The van der Waals surface area contributed by atoms with Gasteiger partial charge in [0.15, 0.2) is 0 Å². The Morgan fingerprint density at radius 1 is 0.412 bits per heavy atom. The Morgan fingerprint density at radius 3 is 1.69 bits per heavy atom. The van der Waals surface area contributed by atoms with Gasteiger partial charge in [-0.25, -0.2) is 9.97 Å². The van der Waals surface area contributed by atoms with Crippen LogP contribution in [0.3, 0.4) is 0 Å². The molecule has 51 heavy (non-hydrogen) atoms. The van der Waals surface area contributed by atoms with E-state index >= 15 is 0 Å². The van der Waals surface area contributed by atoms with E-state index in [0.717, 1.165) is 28.8 Å². The van der Waals surface area contributed by atoms with Crippen molar-refractivity contribution in [3.8, 4) is 45.1 Å². The molecule has 0 amide bonds. The predicted molar refractivity (Wildman–Crippen MR) is 210 cm³/mol. The van der Waals surface area contributed by atoms with E-state index in [2.05, 4.69) is 173 Å². The quantitative estimate of drug-likeness (QED) is 0.190. The molecular formula is C47H30N4. The molecule has 11 rings (SSSR count). The predicted octanol–water partition coefficient (Wildman–Crippen LogP) is 11.6. The smallest absolute Gasteiger partial charge is 0.235 e. The fourth-order valence-electron chi connectivity index (χ4n) is 8.21. The van der Waals surface area contributed by atoms with Crippen LogP contribution in [0.15, 0.2) is 170 Å². The van der Waals surface area contributed by atoms with Crippen molar-refractivity contribution in [1.29, 1.82) is 0 Å². The number of nitrogens with zero attached hydrogens (tertiary/aromatic N) is 4. The molecule has 0 radical (unpaired) electrons. The Hall–Kier alpha value is -6.78. The van der Waals surface area contributed by atoms with E-state index in [9.17, 15) is 0 Å². The second-order valence-electron chi connectivity index (χ2n) is 13.5. The summed E-state index contributed by atoms with van der Waals surface area (Å²) in [4.78, 5) is 10.1. The third-order valence-electron chi connectivity index (χ3n) is 10.6. The summed E-state index contributed by atoms with van der Waals surface area (Å²) in [6.07, 6.45) is 2.89. The molecule has 0 aliphatic heterocycles. The molecule has 7 aromatic carbocycles. The van der Waals surface area contributed by atoms with Gasteiger partial charge in [-0.05, 0) is 82.4 Å². The molecule has 3 aromatic heterocycles. The lowest BCUT2D eigenvalue weighted by Crippen LogP contribution is -2.02. The van der Waals surface area contributed by atoms with Gasteiger partial charge in [-0.1, -0.05) is 109 Å². The third kappa shape index (κ3) is 4.26. The van der Waals surface area contributed by atoms with Crippen LogP contribution in [0, 0.1) is 0 Å². The van der Waals surface area contributed by atoms with Crippen LogP contribution < -0.4 is 0 Å². The summed E-state index contributed by atoms with van der Waals surface area (Å²) in [6, 6.07) is 59.1. The highest BCUT2D eigenvalue weighted by molar-refractivity contribution is 6.13. The minimum absolute atomic E-state index is 0.703. The molecule has 0 atom stereocenters. The minimum Gasteiger partial charge on any atom is -0.309 e. The summed E-state index contributed by atoms with van der Waals surface area (Å²) >= 11 is 0. The van der Waals surface area contributed by atoms with E-state index in [1.54, 1.807) is 0 Å². The second-order valence-corrected chi connectivity index (χ2v) is 13.5. The van der Waals surface area contributed by atoms with E-state index in [0.29, 0.717) is 5.95 Å². The highest BCUT2D eigenvalue weighted by Gasteiger charge is 2.23. The SMILES string of the molecule is c1ccc(-c2ccc3c(c2)c2cc(-c4ccc5c(c4)c4ccccc4n5-c4ncc5c(n4)-c4ccccc4C5)ccc2n3-c2ccccc2)cc1. The van der Waals surface area contributed by atoms with Crippen LogP contribution in [0.4, 0.5) is 0 Å². The van der Waals surface area contributed by atoms with Crippen molar-refractivity contribution in [3.63, 3.8) is 0 Å². The fourth-order valence-corrected chi connectivity index (χ4v) is 8.21. The first-order valence-corrected chi connectivity index (χ1v) is 17.5. The van der Waals surface area contributed by atoms with Crippen LogP contribution in [0.2, 0.25) is 0 Å². The fraction of sp³-hybridized carbons (Fsp3) is 0.0213. The monoisotopic (exact) mass is 650 g/mol. The van der Waals surface area contributed by atoms with Crippen molar-refractivity contribution in [2.24, 2.45) is 0 Å². The van der Waals surface area contributed by atoms with Gasteiger partial charge >= 0.3 is 0 Å². The topological polar surface area (TPSA) is 35.6 Å². The number of hydrogen-bond donors (Lipinski definition) is 0. The summed E-state index contributed by atoms with van der Waals surface area (Å²) in [5, 5.41) is 4.85. The van der Waals surface area contributed by atoms with Crippen molar-refractivity contribution in [3.05, 3.63) is 181 Å². The van der Waals surface area contributed by atoms with E-state index in [4.69, 9.17) is 9.97 Å². The zero-order valence-electron chi connectivity index (χ0n) is 27.7. The average Bonchev–Trinajstić information content (AvgIpc) is 3.85. The van der Waals surface area contributed by atoms with Crippen molar-refractivity contribution >= 4 is 43.6 Å². The Kier molecular flexibility index (Phi) is 5.98. The van der Waals surface area contributed by atoms with Gasteiger partial charge in [0.1, 0.15) is 0 Å². The molecule has 0 spiro atoms. The van der Waals surface area contributed by atoms with E-state index < -0.39 is 0 Å². The molecule has 0 bridgehead atoms. The van der Waals surface area contributed by atoms with Gasteiger partial charge in [0.2, 0.25) is 5.95 Å². The third-order valence-corrected chi connectivity index (χ3v) is 10.6. The highest BCUT2D eigenvalue weighted by Crippen LogP contribution is 2.40. The van der Waals surface area contributed by atoms with Gasteiger partial charge in [-0.15, -0.1) is 0 Å². The lowest BCUT2D eigenvalue weighted by atomic mass is 9.99. The highest BCUT2D eigenvalue weighted by atomic mass is 15.2. The molecule has 4 nitrogen and oxygen atoms in total. The van der Waals surface area contributed by atoms with Crippen LogP contribution in [0.25, 0.3) is 88.8 Å². The Labute approximate surface area is 294 Å². The van der Waals surface area contributed by atoms with E-state index in [1.807, 2.05) is 6.20 Å². The first-order chi connectivity index (χ1) is 25.3. The van der Waals surface area contributed by atoms with Gasteiger partial charge in [0.25, 0.3) is 0 Å². The Bertz CT molecular complexity index is 2990. The normalized spacial score (nSPS) is 12.2. The Morgan fingerprint density at radius 2 is 0.961 bits per heavy atom. The van der Waals surface area contributed by atoms with Gasteiger partial charge < -0.3 is 4.57 Å². The standard InChI is InChI=1S/C47H30N4/c1-3-11-30(12-4-1)31-19-22-43-40(26-31)41-28-33(20-23-44(41)50(43)36-14-5-2-6-15-36)32-21-24-45-39(27-32)38-17-9-10-18-42(38)51(45)47-48-29-35-25-34-13-7-8-16-37(34)46(35)49-47/h1-24,26-29H,25H2. The van der Waals surface area contributed by atoms with Gasteiger partial charge in [-0.2, -0.15) is 0 Å². The molecule has 10 aromatic rings. The first-order valence-electron chi connectivity index (χ1n) is 17.5. The van der Waals surface area contributed by atoms with Crippen LogP contribution in [-0.4, -0.2) is 19.1 Å². The van der Waals surface area contributed by atoms with Crippen molar-refractivity contribution in [2.75, 3.05) is 0 Å². The maximum Gasteiger partial charge on any atom is 0.235 e. The van der Waals surface area contributed by atoms with Crippen molar-refractivity contribution in [2.45, 2.75) is 6.42 Å². The van der Waals surface area contributed by atoms with Crippen molar-refractivity contribution in [1.82, 2.24) is 19.1 Å². The van der Waals surface area contributed by atoms with Crippen LogP contribution >= 0.6 is 0 Å². The number of fused-ring (bicyclic) bond motifs is 9. The lowest BCUT2D eigenvalue weighted by Gasteiger charge is -2.09. The van der Waals surface area contributed by atoms with Gasteiger partial charge in [0, 0.05) is 51.0 Å². The summed E-state index contributed by atoms with van der Waals surface area (Å²) in [5.41, 5.74) is 15.3. The molecule has 238 valence electrons. The van der Waals surface area contributed by atoms with Crippen LogP contribution in [0.1, 0.15) is 11.1 Å². The summed E-state index contributed by atoms with van der Waals surface area (Å²) in [6.45, 7) is 0. The summed E-state index contributed by atoms with van der Waals surface area (Å²) in [7, 11) is 0. The van der Waals surface area contributed by atoms with Crippen LogP contribution in [0.5, 0.6) is 0 Å². The molecule has 0 fully saturated rings. The number of hydrogen-bond acceptors (Lipinski definition) is 2. The van der Waals surface area contributed by atoms with E-state index in [1.165, 1.54) is 71.5 Å². The number of para-hydroxylation sites is 2. The zero-order chi connectivity index (χ0) is 33.5. The largest absolute Gasteiger partial charge is 0.309 e. The van der Waals surface area contributed by atoms with Crippen molar-refractivity contribution < 1.29 is 0 Å². The molecule has 3 heterocycles. The molecular weight excluding hydrogens is 621 g/mol. The summed E-state index contributed by atoms with van der Waals surface area (Å²) in [5.74, 6) is 0.703. The Balaban J connectivity index is 1.10. The zero-order valence-corrected chi connectivity index (χ0v) is 27.7. The molecule has 0 N–H and O–H groups in total. The lowest BCUT2D eigenvalue weighted by molar-refractivity contribution is 0.980. The summed E-state index contributed by atoms with van der Waals surface area (Å²) < 4.78 is 4.60. The van der Waals surface area contributed by atoms with E-state index in [-0.39, 0.29) is 0 Å². The maximum atomic E-state index is 5.19. The molecule has 1 aliphatic carbocycles.